The second kappa shape index (κ2) is 4.25. The van der Waals surface area contributed by atoms with Gasteiger partial charge in [0.2, 0.25) is 0 Å². The van der Waals surface area contributed by atoms with Crippen molar-refractivity contribution in [2.24, 2.45) is 5.73 Å². The molecule has 2 heteroatoms. The van der Waals surface area contributed by atoms with E-state index in [1.54, 1.807) is 5.57 Å². The maximum absolute atomic E-state index is 5.84. The van der Waals surface area contributed by atoms with E-state index >= 15 is 0 Å². The largest absolute Gasteiger partial charge is 0.378 e. The Balaban J connectivity index is 1.76. The van der Waals surface area contributed by atoms with Crippen LogP contribution in [0.3, 0.4) is 0 Å². The van der Waals surface area contributed by atoms with Crippen LogP contribution >= 0.6 is 0 Å². The van der Waals surface area contributed by atoms with Gasteiger partial charge in [0.15, 0.2) is 0 Å². The lowest BCUT2D eigenvalue weighted by Gasteiger charge is -2.05. The average molecular weight is 181 g/mol. The van der Waals surface area contributed by atoms with E-state index in [1.807, 2.05) is 0 Å². The Morgan fingerprint density at radius 1 is 1.46 bits per heavy atom. The molecule has 0 aromatic rings. The Morgan fingerprint density at radius 3 is 3.00 bits per heavy atom. The third kappa shape index (κ3) is 2.55. The van der Waals surface area contributed by atoms with Gasteiger partial charge in [0.05, 0.1) is 6.10 Å². The summed E-state index contributed by atoms with van der Waals surface area (Å²) in [4.78, 5) is 0. The van der Waals surface area contributed by atoms with Gasteiger partial charge in [-0.2, -0.15) is 0 Å². The van der Waals surface area contributed by atoms with Crippen molar-refractivity contribution in [3.63, 3.8) is 0 Å². The molecule has 1 aliphatic carbocycles. The molecule has 74 valence electrons. The zero-order valence-electron chi connectivity index (χ0n) is 8.17. The van der Waals surface area contributed by atoms with Gasteiger partial charge in [-0.15, -0.1) is 0 Å². The van der Waals surface area contributed by atoms with Gasteiger partial charge in [0.1, 0.15) is 0 Å². The molecule has 0 bridgehead atoms. The normalized spacial score (nSPS) is 37.5. The van der Waals surface area contributed by atoms with E-state index in [0.717, 1.165) is 19.4 Å². The zero-order valence-corrected chi connectivity index (χ0v) is 8.17. The molecule has 2 rings (SSSR count). The summed E-state index contributed by atoms with van der Waals surface area (Å²) in [5, 5.41) is 0. The van der Waals surface area contributed by atoms with E-state index in [4.69, 9.17) is 10.5 Å². The van der Waals surface area contributed by atoms with Crippen LogP contribution in [0, 0.1) is 0 Å². The molecule has 0 aromatic heterocycles. The number of hydrogen-bond acceptors (Lipinski definition) is 2. The summed E-state index contributed by atoms with van der Waals surface area (Å²) in [6.45, 7) is 0.966. The molecule has 1 aliphatic heterocycles. The molecule has 2 atom stereocenters. The SMILES string of the molecule is NC1CC/C(=C/CC2CCCO2)C1. The minimum absolute atomic E-state index is 0.427. The summed E-state index contributed by atoms with van der Waals surface area (Å²) < 4.78 is 5.56. The van der Waals surface area contributed by atoms with Crippen LogP contribution in [0.4, 0.5) is 0 Å². The Hall–Kier alpha value is -0.340. The summed E-state index contributed by atoms with van der Waals surface area (Å²) in [6.07, 6.45) is 9.98. The van der Waals surface area contributed by atoms with E-state index in [1.165, 1.54) is 25.7 Å². The monoisotopic (exact) mass is 181 g/mol. The quantitative estimate of drug-likeness (QED) is 0.661. The van der Waals surface area contributed by atoms with Gasteiger partial charge in [0.25, 0.3) is 0 Å². The molecule has 0 spiro atoms. The summed E-state index contributed by atoms with van der Waals surface area (Å²) in [5.41, 5.74) is 7.40. The highest BCUT2D eigenvalue weighted by molar-refractivity contribution is 5.10. The fraction of sp³-hybridized carbons (Fsp3) is 0.818. The number of hydrogen-bond donors (Lipinski definition) is 1. The lowest BCUT2D eigenvalue weighted by atomic mass is 10.1. The highest BCUT2D eigenvalue weighted by Crippen LogP contribution is 2.25. The van der Waals surface area contributed by atoms with Crippen LogP contribution in [-0.4, -0.2) is 18.8 Å². The standard InChI is InChI=1S/C11H19NO/c12-10-5-3-9(8-10)4-6-11-2-1-7-13-11/h4,10-11H,1-3,5-8,12H2/b9-4-. The van der Waals surface area contributed by atoms with Crippen molar-refractivity contribution < 1.29 is 4.74 Å². The van der Waals surface area contributed by atoms with Crippen molar-refractivity contribution in [2.45, 2.75) is 50.7 Å². The first-order valence-corrected chi connectivity index (χ1v) is 5.39. The second-order valence-corrected chi connectivity index (χ2v) is 4.24. The molecule has 2 N–H and O–H groups in total. The van der Waals surface area contributed by atoms with Crippen LogP contribution in [-0.2, 0) is 4.74 Å². The van der Waals surface area contributed by atoms with Crippen molar-refractivity contribution in [1.82, 2.24) is 0 Å². The first kappa shape index (κ1) is 9.22. The van der Waals surface area contributed by atoms with E-state index < -0.39 is 0 Å². The Labute approximate surface area is 80.1 Å². The summed E-state index contributed by atoms with van der Waals surface area (Å²) in [7, 11) is 0. The van der Waals surface area contributed by atoms with Crippen LogP contribution in [0.25, 0.3) is 0 Å². The molecular formula is C11H19NO. The van der Waals surface area contributed by atoms with Crippen LogP contribution < -0.4 is 5.73 Å². The van der Waals surface area contributed by atoms with Crippen molar-refractivity contribution in [2.75, 3.05) is 6.61 Å². The van der Waals surface area contributed by atoms with Gasteiger partial charge < -0.3 is 10.5 Å². The lowest BCUT2D eigenvalue weighted by Crippen LogP contribution is -2.13. The third-order valence-electron chi connectivity index (χ3n) is 3.05. The third-order valence-corrected chi connectivity index (χ3v) is 3.05. The van der Waals surface area contributed by atoms with Crippen molar-refractivity contribution in [3.8, 4) is 0 Å². The highest BCUT2D eigenvalue weighted by atomic mass is 16.5. The molecule has 0 radical (unpaired) electrons. The maximum atomic E-state index is 5.84. The van der Waals surface area contributed by atoms with Crippen LogP contribution in [0.2, 0.25) is 0 Å². The molecule has 2 unspecified atom stereocenters. The van der Waals surface area contributed by atoms with E-state index in [-0.39, 0.29) is 0 Å². The topological polar surface area (TPSA) is 35.2 Å². The first-order valence-electron chi connectivity index (χ1n) is 5.39. The molecule has 2 nitrogen and oxygen atoms in total. The van der Waals surface area contributed by atoms with Gasteiger partial charge in [-0.25, -0.2) is 0 Å². The lowest BCUT2D eigenvalue weighted by molar-refractivity contribution is 0.113. The van der Waals surface area contributed by atoms with E-state index in [2.05, 4.69) is 6.08 Å². The highest BCUT2D eigenvalue weighted by Gasteiger charge is 2.17. The van der Waals surface area contributed by atoms with Gasteiger partial charge >= 0.3 is 0 Å². The predicted octanol–water partition coefficient (Wildman–Crippen LogP) is 1.99. The number of rotatable bonds is 2. The maximum Gasteiger partial charge on any atom is 0.0610 e. The van der Waals surface area contributed by atoms with Crippen LogP contribution in [0.15, 0.2) is 11.6 Å². The molecule has 1 saturated heterocycles. The summed E-state index contributed by atoms with van der Waals surface area (Å²) in [6, 6.07) is 0.427. The van der Waals surface area contributed by atoms with E-state index in [9.17, 15) is 0 Å². The van der Waals surface area contributed by atoms with Gasteiger partial charge in [-0.3, -0.25) is 0 Å². The smallest absolute Gasteiger partial charge is 0.0610 e. The molecule has 1 saturated carbocycles. The Morgan fingerprint density at radius 2 is 2.38 bits per heavy atom. The van der Waals surface area contributed by atoms with Gasteiger partial charge in [-0.1, -0.05) is 11.6 Å². The first-order chi connectivity index (χ1) is 6.34. The molecule has 2 aliphatic rings. The minimum atomic E-state index is 0.427. The number of ether oxygens (including phenoxy) is 1. The Kier molecular flexibility index (Phi) is 3.01. The van der Waals surface area contributed by atoms with Crippen molar-refractivity contribution in [1.29, 1.82) is 0 Å². The molecule has 2 fully saturated rings. The zero-order chi connectivity index (χ0) is 9.10. The minimum Gasteiger partial charge on any atom is -0.378 e. The summed E-state index contributed by atoms with van der Waals surface area (Å²) >= 11 is 0. The molecule has 1 heterocycles. The molecule has 0 amide bonds. The average Bonchev–Trinajstić information content (AvgIpc) is 2.71. The second-order valence-electron chi connectivity index (χ2n) is 4.24. The van der Waals surface area contributed by atoms with Crippen LogP contribution in [0.5, 0.6) is 0 Å². The van der Waals surface area contributed by atoms with Gasteiger partial charge in [-0.05, 0) is 38.5 Å². The number of nitrogens with two attached hydrogens (primary N) is 1. The summed E-state index contributed by atoms with van der Waals surface area (Å²) in [5.74, 6) is 0. The fourth-order valence-corrected chi connectivity index (χ4v) is 2.23. The molecule has 13 heavy (non-hydrogen) atoms. The van der Waals surface area contributed by atoms with E-state index in [0.29, 0.717) is 12.1 Å². The predicted molar refractivity (Wildman–Crippen MR) is 53.5 cm³/mol. The molecular weight excluding hydrogens is 162 g/mol. The van der Waals surface area contributed by atoms with Crippen LogP contribution in [0.1, 0.15) is 38.5 Å². The fourth-order valence-electron chi connectivity index (χ4n) is 2.23. The van der Waals surface area contributed by atoms with Gasteiger partial charge in [0, 0.05) is 12.6 Å². The Bertz CT molecular complexity index is 194. The van der Waals surface area contributed by atoms with Crippen molar-refractivity contribution >= 4 is 0 Å². The molecule has 0 aromatic carbocycles. The van der Waals surface area contributed by atoms with Crippen molar-refractivity contribution in [3.05, 3.63) is 11.6 Å².